The lowest BCUT2D eigenvalue weighted by atomic mass is 10.0. The van der Waals surface area contributed by atoms with Gasteiger partial charge in [-0.1, -0.05) is 69.3 Å². The lowest BCUT2D eigenvalue weighted by Crippen LogP contribution is -2.38. The molecular formula is C30H34N2O3. The molecule has 0 fully saturated rings. The average molecular weight is 471 g/mol. The van der Waals surface area contributed by atoms with E-state index in [1.807, 2.05) is 84.6 Å². The van der Waals surface area contributed by atoms with Gasteiger partial charge in [-0.05, 0) is 54.7 Å². The Labute approximate surface area is 208 Å². The third kappa shape index (κ3) is 5.56. The minimum atomic E-state index is -0.302. The van der Waals surface area contributed by atoms with Gasteiger partial charge in [-0.25, -0.2) is 0 Å². The smallest absolute Gasteiger partial charge is 0.258 e. The third-order valence-electron chi connectivity index (χ3n) is 6.45. The van der Waals surface area contributed by atoms with Crippen LogP contribution in [0.15, 0.2) is 78.9 Å². The Morgan fingerprint density at radius 1 is 0.914 bits per heavy atom. The summed E-state index contributed by atoms with van der Waals surface area (Å²) >= 11 is 0. The second-order valence-electron chi connectivity index (χ2n) is 9.41. The molecule has 0 bridgehead atoms. The van der Waals surface area contributed by atoms with Crippen LogP contribution in [0.4, 0.5) is 11.4 Å². The quantitative estimate of drug-likeness (QED) is 0.363. The van der Waals surface area contributed by atoms with E-state index in [1.165, 1.54) is 5.56 Å². The summed E-state index contributed by atoms with van der Waals surface area (Å²) in [4.78, 5) is 30.3. The van der Waals surface area contributed by atoms with Crippen LogP contribution in [0.5, 0.6) is 5.75 Å². The molecule has 3 aromatic rings. The number of carbonyl (C=O) groups is 2. The fourth-order valence-corrected chi connectivity index (χ4v) is 4.56. The topological polar surface area (TPSA) is 49.9 Å². The highest BCUT2D eigenvalue weighted by molar-refractivity contribution is 6.11. The Balaban J connectivity index is 1.46. The molecule has 1 heterocycles. The van der Waals surface area contributed by atoms with Crippen LogP contribution in [-0.4, -0.2) is 31.5 Å². The Morgan fingerprint density at radius 3 is 2.31 bits per heavy atom. The van der Waals surface area contributed by atoms with E-state index in [9.17, 15) is 9.59 Å². The summed E-state index contributed by atoms with van der Waals surface area (Å²) in [6.45, 7) is 7.77. The van der Waals surface area contributed by atoms with Gasteiger partial charge in [0.05, 0.1) is 23.9 Å². The van der Waals surface area contributed by atoms with Crippen LogP contribution in [0, 0.1) is 5.92 Å². The summed E-state index contributed by atoms with van der Waals surface area (Å²) in [5.41, 5.74) is 3.40. The summed E-state index contributed by atoms with van der Waals surface area (Å²) in [6.07, 6.45) is 1.64. The highest BCUT2D eigenvalue weighted by Crippen LogP contribution is 2.35. The molecule has 0 aromatic heterocycles. The van der Waals surface area contributed by atoms with Crippen LogP contribution in [0.2, 0.25) is 0 Å². The van der Waals surface area contributed by atoms with Gasteiger partial charge >= 0.3 is 0 Å². The summed E-state index contributed by atoms with van der Waals surface area (Å²) in [6, 6.07) is 25.1. The minimum absolute atomic E-state index is 0.0480. The number of carbonyl (C=O) groups excluding carboxylic acids is 2. The Kier molecular flexibility index (Phi) is 7.86. The van der Waals surface area contributed by atoms with Crippen LogP contribution >= 0.6 is 0 Å². The molecule has 5 nitrogen and oxygen atoms in total. The van der Waals surface area contributed by atoms with Crippen molar-refractivity contribution in [2.45, 2.75) is 39.5 Å². The van der Waals surface area contributed by atoms with Crippen LogP contribution in [0.25, 0.3) is 0 Å². The fraction of sp³-hybridized carbons (Fsp3) is 0.333. The van der Waals surface area contributed by atoms with Crippen LogP contribution < -0.4 is 14.5 Å². The molecule has 182 valence electrons. The predicted octanol–water partition coefficient (Wildman–Crippen LogP) is 6.30. The van der Waals surface area contributed by atoms with E-state index < -0.39 is 0 Å². The normalized spacial score (nSPS) is 15.7. The maximum Gasteiger partial charge on any atom is 0.258 e. The number of amides is 2. The Hall–Kier alpha value is -3.60. The van der Waals surface area contributed by atoms with Gasteiger partial charge < -0.3 is 14.5 Å². The number of nitrogens with zero attached hydrogens (tertiary/aromatic N) is 2. The minimum Gasteiger partial charge on any atom is -0.493 e. The molecule has 0 saturated carbocycles. The van der Waals surface area contributed by atoms with Crippen molar-refractivity contribution in [1.82, 2.24) is 0 Å². The van der Waals surface area contributed by atoms with Gasteiger partial charge in [-0.15, -0.1) is 0 Å². The fourth-order valence-electron chi connectivity index (χ4n) is 4.56. The second-order valence-corrected chi connectivity index (χ2v) is 9.41. The summed E-state index contributed by atoms with van der Waals surface area (Å²) < 4.78 is 6.07. The van der Waals surface area contributed by atoms with Crippen molar-refractivity contribution in [1.29, 1.82) is 0 Å². The molecule has 0 saturated heterocycles. The van der Waals surface area contributed by atoms with Crippen molar-refractivity contribution in [3.63, 3.8) is 0 Å². The van der Waals surface area contributed by atoms with Gasteiger partial charge in [0.2, 0.25) is 5.91 Å². The number of benzene rings is 3. The van der Waals surface area contributed by atoms with E-state index in [-0.39, 0.29) is 17.7 Å². The van der Waals surface area contributed by atoms with Crippen LogP contribution in [-0.2, 0) is 4.79 Å². The van der Waals surface area contributed by atoms with E-state index in [1.54, 1.807) is 4.90 Å². The molecule has 0 N–H and O–H groups in total. The van der Waals surface area contributed by atoms with Crippen LogP contribution in [0.3, 0.4) is 0 Å². The number of unbranched alkanes of at least 4 members (excludes halogenated alkanes) is 1. The molecule has 3 aromatic carbocycles. The Morgan fingerprint density at radius 2 is 1.57 bits per heavy atom. The molecular weight excluding hydrogens is 436 g/mol. The van der Waals surface area contributed by atoms with Gasteiger partial charge in [0.1, 0.15) is 5.75 Å². The monoisotopic (exact) mass is 470 g/mol. The van der Waals surface area contributed by atoms with Crippen molar-refractivity contribution < 1.29 is 14.3 Å². The lowest BCUT2D eigenvalue weighted by molar-refractivity contribution is -0.121. The van der Waals surface area contributed by atoms with Crippen LogP contribution in [0.1, 0.15) is 55.5 Å². The molecule has 0 radical (unpaired) electrons. The molecule has 1 atom stereocenters. The molecule has 4 rings (SSSR count). The molecule has 1 unspecified atom stereocenters. The average Bonchev–Trinajstić information content (AvgIpc) is 2.99. The maximum absolute atomic E-state index is 13.4. The number of fused-ring (bicyclic) bond motifs is 1. The van der Waals surface area contributed by atoms with E-state index >= 15 is 0 Å². The molecule has 1 aliphatic rings. The van der Waals surface area contributed by atoms with E-state index in [4.69, 9.17) is 4.74 Å². The maximum atomic E-state index is 13.4. The first-order chi connectivity index (χ1) is 17.0. The van der Waals surface area contributed by atoms with Gasteiger partial charge in [-0.3, -0.25) is 9.59 Å². The Bertz CT molecular complexity index is 1160. The zero-order valence-corrected chi connectivity index (χ0v) is 20.8. The zero-order chi connectivity index (χ0) is 24.8. The molecule has 1 aliphatic heterocycles. The van der Waals surface area contributed by atoms with Gasteiger partial charge in [0.25, 0.3) is 5.91 Å². The first kappa shape index (κ1) is 24.5. The van der Waals surface area contributed by atoms with Gasteiger partial charge in [-0.2, -0.15) is 0 Å². The summed E-state index contributed by atoms with van der Waals surface area (Å²) in [5.74, 6) is 0.996. The summed E-state index contributed by atoms with van der Waals surface area (Å²) in [5, 5.41) is 0. The lowest BCUT2D eigenvalue weighted by Gasteiger charge is -2.25. The molecule has 0 spiro atoms. The molecule has 5 heteroatoms. The SMILES string of the molecule is CC1CN(C(=O)c2ccccc2)c2ccccc2N(CCCCOc2ccccc2C(C)C)C1=O. The number of rotatable bonds is 8. The van der Waals surface area contributed by atoms with Gasteiger partial charge in [0, 0.05) is 18.7 Å². The highest BCUT2D eigenvalue weighted by Gasteiger charge is 2.33. The highest BCUT2D eigenvalue weighted by atomic mass is 16.5. The van der Waals surface area contributed by atoms with Crippen molar-refractivity contribution in [2.24, 2.45) is 5.92 Å². The number of para-hydroxylation sites is 3. The molecule has 2 amide bonds. The number of hydrogen-bond acceptors (Lipinski definition) is 3. The molecule has 35 heavy (non-hydrogen) atoms. The largest absolute Gasteiger partial charge is 0.493 e. The van der Waals surface area contributed by atoms with E-state index in [0.29, 0.717) is 31.2 Å². The van der Waals surface area contributed by atoms with Crippen molar-refractivity contribution in [3.8, 4) is 5.75 Å². The van der Waals surface area contributed by atoms with Gasteiger partial charge in [0.15, 0.2) is 0 Å². The second kappa shape index (κ2) is 11.2. The zero-order valence-electron chi connectivity index (χ0n) is 20.8. The first-order valence-electron chi connectivity index (χ1n) is 12.5. The predicted molar refractivity (Wildman–Crippen MR) is 141 cm³/mol. The number of ether oxygens (including phenoxy) is 1. The first-order valence-corrected chi connectivity index (χ1v) is 12.5. The van der Waals surface area contributed by atoms with Crippen molar-refractivity contribution >= 4 is 23.2 Å². The van der Waals surface area contributed by atoms with E-state index in [2.05, 4.69) is 19.9 Å². The standard InChI is InChI=1S/C30H34N2O3/c1-22(2)25-15-7-10-18-28(25)35-20-12-11-19-31-26-16-8-9-17-27(26)32(21-23(3)29(31)33)30(34)24-13-5-4-6-14-24/h4-10,13-18,22-23H,11-12,19-21H2,1-3H3. The van der Waals surface area contributed by atoms with Crippen molar-refractivity contribution in [2.75, 3.05) is 29.5 Å². The summed E-state index contributed by atoms with van der Waals surface area (Å²) in [7, 11) is 0. The van der Waals surface area contributed by atoms with E-state index in [0.717, 1.165) is 30.0 Å². The van der Waals surface area contributed by atoms with Crippen molar-refractivity contribution in [3.05, 3.63) is 90.0 Å². The molecule has 0 aliphatic carbocycles. The third-order valence-corrected chi connectivity index (χ3v) is 6.45. The number of hydrogen-bond donors (Lipinski definition) is 0. The number of anilines is 2.